The number of halogens is 2. The summed E-state index contributed by atoms with van der Waals surface area (Å²) in [6, 6.07) is 18.1. The molecule has 0 saturated carbocycles. The van der Waals surface area contributed by atoms with Crippen LogP contribution in [0.3, 0.4) is 0 Å². The van der Waals surface area contributed by atoms with Gasteiger partial charge in [0.05, 0.1) is 0 Å². The quantitative estimate of drug-likeness (QED) is 0.534. The standard InChI is InChI=1S/C13H9.C10H17Si.CH2.2ClH.Zr/c1-3-7-12-10(5-1)9-11-6-2-4-8-13(11)12;1-8-6-9(2)10(7-8)11(3,4)5;;;;/h1-9H;7-8H,1-5H3;1H2;2*1H;/q;;;;;+2/p-2. The van der Waals surface area contributed by atoms with Gasteiger partial charge in [-0.3, -0.25) is 0 Å². The first-order valence-electron chi connectivity index (χ1n) is 9.61. The number of allylic oxidation sites excluding steroid dienone is 4. The van der Waals surface area contributed by atoms with Gasteiger partial charge in [-0.1, -0.05) is 0 Å². The summed E-state index contributed by atoms with van der Waals surface area (Å²) in [4.78, 5) is 0. The molecule has 4 heteroatoms. The molecule has 0 aliphatic heterocycles. The molecule has 0 bridgehead atoms. The van der Waals surface area contributed by atoms with Gasteiger partial charge in [0.15, 0.2) is 0 Å². The van der Waals surface area contributed by atoms with Gasteiger partial charge >= 0.3 is 167 Å². The molecule has 4 rings (SSSR count). The van der Waals surface area contributed by atoms with E-state index in [4.69, 9.17) is 4.21 Å². The van der Waals surface area contributed by atoms with E-state index < -0.39 is 29.3 Å². The Labute approximate surface area is 191 Å². The molecule has 0 aromatic heterocycles. The Morgan fingerprint density at radius 3 is 1.75 bits per heavy atom. The summed E-state index contributed by atoms with van der Waals surface area (Å²) in [6.45, 7) is 12.2. The molecule has 0 N–H and O–H groups in total. The average molecular weight is 507 g/mol. The minimum atomic E-state index is -2.11. The minimum absolute atomic E-state index is 0. The molecule has 2 aromatic carbocycles. The maximum Gasteiger partial charge on any atom is -1.00 e. The second-order valence-electron chi connectivity index (χ2n) is 8.79. The van der Waals surface area contributed by atoms with Gasteiger partial charge in [0, 0.05) is 0 Å². The van der Waals surface area contributed by atoms with Crippen LogP contribution in [0.2, 0.25) is 19.6 Å². The van der Waals surface area contributed by atoms with Gasteiger partial charge in [-0.2, -0.15) is 0 Å². The summed E-state index contributed by atoms with van der Waals surface area (Å²) in [5.41, 5.74) is 7.57. The van der Waals surface area contributed by atoms with E-state index in [1.165, 1.54) is 22.3 Å². The zero-order valence-corrected chi connectivity index (χ0v) is 22.3. The molecule has 0 radical (unpaired) electrons. The Morgan fingerprint density at radius 2 is 1.32 bits per heavy atom. The fraction of sp³-hybridized carbons (Fsp3) is 0.292. The van der Waals surface area contributed by atoms with Crippen molar-refractivity contribution in [3.63, 3.8) is 0 Å². The summed E-state index contributed by atoms with van der Waals surface area (Å²) < 4.78 is 7.25. The van der Waals surface area contributed by atoms with Crippen LogP contribution >= 0.6 is 0 Å². The van der Waals surface area contributed by atoms with Gasteiger partial charge in [-0.25, -0.2) is 0 Å². The first-order chi connectivity index (χ1) is 12.3. The van der Waals surface area contributed by atoms with Crippen molar-refractivity contribution in [2.45, 2.75) is 37.1 Å². The number of hydrogen-bond donors (Lipinski definition) is 0. The fourth-order valence-electron chi connectivity index (χ4n) is 4.98. The number of benzene rings is 2. The van der Waals surface area contributed by atoms with Crippen LogP contribution in [0, 0.1) is 5.92 Å². The van der Waals surface area contributed by atoms with E-state index in [9.17, 15) is 0 Å². The number of rotatable bonds is 3. The first-order valence-corrected chi connectivity index (χ1v) is 17.5. The van der Waals surface area contributed by atoms with Crippen molar-refractivity contribution >= 4 is 12.3 Å². The van der Waals surface area contributed by atoms with Crippen molar-refractivity contribution in [1.29, 1.82) is 0 Å². The smallest absolute Gasteiger partial charge is 1.00 e. The van der Waals surface area contributed by atoms with Crippen LogP contribution in [-0.4, -0.2) is 12.3 Å². The Balaban J connectivity index is 0.00000140. The van der Waals surface area contributed by atoms with E-state index in [0.717, 1.165) is 0 Å². The summed E-state index contributed by atoms with van der Waals surface area (Å²) in [5, 5.41) is 1.68. The Hall–Kier alpha value is -0.530. The van der Waals surface area contributed by atoms with Crippen LogP contribution in [0.15, 0.2) is 68.7 Å². The summed E-state index contributed by atoms with van der Waals surface area (Å²) in [6.07, 6.45) is 2.58. The van der Waals surface area contributed by atoms with Gasteiger partial charge in [0.2, 0.25) is 0 Å². The SMILES string of the molecule is [CH2]=[Zr+2]([C]1=C(C)C([Si](C)(C)C)=CC1C)[CH]1c2ccccc2-c2ccccc21.[Cl-].[Cl-]. The van der Waals surface area contributed by atoms with Crippen molar-refractivity contribution < 1.29 is 46.1 Å². The molecule has 146 valence electrons. The van der Waals surface area contributed by atoms with Crippen LogP contribution in [0.1, 0.15) is 28.6 Å². The van der Waals surface area contributed by atoms with Gasteiger partial charge in [-0.05, 0) is 0 Å². The molecule has 2 aromatic rings. The molecular formula is C24H28Cl2SiZr. The van der Waals surface area contributed by atoms with Crippen molar-refractivity contribution in [1.82, 2.24) is 0 Å². The van der Waals surface area contributed by atoms with Gasteiger partial charge in [0.25, 0.3) is 0 Å². The number of fused-ring (bicyclic) bond motifs is 3. The van der Waals surface area contributed by atoms with Crippen molar-refractivity contribution in [3.05, 3.63) is 79.8 Å². The van der Waals surface area contributed by atoms with E-state index in [-0.39, 0.29) is 24.8 Å². The predicted octanol–water partition coefficient (Wildman–Crippen LogP) is 0.542. The second kappa shape index (κ2) is 8.68. The minimum Gasteiger partial charge on any atom is -1.00 e. The van der Waals surface area contributed by atoms with E-state index in [1.54, 1.807) is 14.1 Å². The second-order valence-corrected chi connectivity index (χ2v) is 19.2. The van der Waals surface area contributed by atoms with Crippen LogP contribution in [0.25, 0.3) is 11.1 Å². The van der Waals surface area contributed by atoms with Crippen LogP contribution in [0.4, 0.5) is 0 Å². The third-order valence-electron chi connectivity index (χ3n) is 6.02. The maximum atomic E-state index is 4.94. The molecule has 0 heterocycles. The summed E-state index contributed by atoms with van der Waals surface area (Å²) in [5.74, 6) is 0.587. The molecule has 2 aliphatic rings. The predicted molar refractivity (Wildman–Crippen MR) is 114 cm³/mol. The Kier molecular flexibility index (Phi) is 7.36. The largest absolute Gasteiger partial charge is 1.00 e. The number of hydrogen-bond acceptors (Lipinski definition) is 0. The Bertz CT molecular complexity index is 937. The molecule has 28 heavy (non-hydrogen) atoms. The molecule has 1 unspecified atom stereocenters. The van der Waals surface area contributed by atoms with Crippen molar-refractivity contribution in [2.75, 3.05) is 0 Å². The summed E-state index contributed by atoms with van der Waals surface area (Å²) >= 11 is -2.11. The summed E-state index contributed by atoms with van der Waals surface area (Å²) in [7, 11) is -1.29. The van der Waals surface area contributed by atoms with Gasteiger partial charge in [-0.15, -0.1) is 0 Å². The third kappa shape index (κ3) is 3.79. The zero-order chi connectivity index (χ0) is 18.6. The molecular weight excluding hydrogens is 478 g/mol. The fourth-order valence-corrected chi connectivity index (χ4v) is 14.3. The van der Waals surface area contributed by atoms with E-state index in [0.29, 0.717) is 9.54 Å². The van der Waals surface area contributed by atoms with Crippen molar-refractivity contribution in [2.24, 2.45) is 5.92 Å². The molecule has 0 spiro atoms. The maximum absolute atomic E-state index is 4.94. The molecule has 1 atom stereocenters. The monoisotopic (exact) mass is 504 g/mol. The van der Waals surface area contributed by atoms with Crippen LogP contribution in [0.5, 0.6) is 0 Å². The van der Waals surface area contributed by atoms with Gasteiger partial charge < -0.3 is 24.8 Å². The molecule has 0 amide bonds. The third-order valence-corrected chi connectivity index (χ3v) is 15.2. The first kappa shape index (κ1) is 23.7. The molecule has 0 nitrogen and oxygen atoms in total. The molecule has 0 saturated heterocycles. The van der Waals surface area contributed by atoms with Crippen LogP contribution < -0.4 is 24.8 Å². The van der Waals surface area contributed by atoms with Gasteiger partial charge in [0.1, 0.15) is 0 Å². The van der Waals surface area contributed by atoms with Crippen molar-refractivity contribution in [3.8, 4) is 11.1 Å². The van der Waals surface area contributed by atoms with E-state index in [2.05, 4.69) is 88.1 Å². The topological polar surface area (TPSA) is 0 Å². The molecule has 0 fully saturated rings. The van der Waals surface area contributed by atoms with E-state index >= 15 is 0 Å². The normalized spacial score (nSPS) is 17.7. The molecule has 2 aliphatic carbocycles. The Morgan fingerprint density at radius 1 is 0.857 bits per heavy atom. The van der Waals surface area contributed by atoms with Crippen LogP contribution in [-0.2, 0) is 21.3 Å². The van der Waals surface area contributed by atoms with E-state index in [1.807, 2.05) is 0 Å². The average Bonchev–Trinajstić information content (AvgIpc) is 3.09. The zero-order valence-electron chi connectivity index (χ0n) is 17.3.